The highest BCUT2D eigenvalue weighted by Crippen LogP contribution is 2.26. The fourth-order valence-corrected chi connectivity index (χ4v) is 3.47. The van der Waals surface area contributed by atoms with Crippen LogP contribution in [0.2, 0.25) is 0 Å². The zero-order valence-electron chi connectivity index (χ0n) is 17.4. The number of benzene rings is 2. The Morgan fingerprint density at radius 3 is 2.43 bits per heavy atom. The summed E-state index contributed by atoms with van der Waals surface area (Å²) in [6.07, 6.45) is 4.17. The fraction of sp³-hybridized carbons (Fsp3) is 0.458. The molecule has 2 aromatic carbocycles. The summed E-state index contributed by atoms with van der Waals surface area (Å²) in [5.74, 6) is 1.46. The largest absolute Gasteiger partial charge is 0.491 e. The first-order chi connectivity index (χ1) is 13.4. The van der Waals surface area contributed by atoms with Crippen LogP contribution >= 0.6 is 0 Å². The number of aryl methyl sites for hydroxylation is 4. The molecule has 0 radical (unpaired) electrons. The molecule has 4 nitrogen and oxygen atoms in total. The third-order valence-electron chi connectivity index (χ3n) is 5.37. The monoisotopic (exact) mass is 381 g/mol. The molecule has 1 N–H and O–H groups in total. The number of fused-ring (bicyclic) bond motifs is 1. The number of hydrogen-bond acceptors (Lipinski definition) is 3. The van der Waals surface area contributed by atoms with Gasteiger partial charge in [0.1, 0.15) is 18.1 Å². The van der Waals surface area contributed by atoms with Crippen LogP contribution in [0.5, 0.6) is 11.5 Å². The molecule has 0 saturated heterocycles. The molecule has 0 heterocycles. The maximum Gasteiger partial charge on any atom is 0.261 e. The summed E-state index contributed by atoms with van der Waals surface area (Å²) in [6.45, 7) is 8.27. The minimum absolute atomic E-state index is 0.108. The van der Waals surface area contributed by atoms with Gasteiger partial charge in [-0.15, -0.1) is 0 Å². The minimum Gasteiger partial charge on any atom is -0.491 e. The molecule has 0 bridgehead atoms. The van der Waals surface area contributed by atoms with Gasteiger partial charge in [-0.05, 0) is 99.9 Å². The Bertz CT molecular complexity index is 831. The Morgan fingerprint density at radius 1 is 0.964 bits per heavy atom. The van der Waals surface area contributed by atoms with E-state index in [1.807, 2.05) is 31.2 Å². The van der Waals surface area contributed by atoms with Crippen LogP contribution in [0.4, 0.5) is 0 Å². The average molecular weight is 382 g/mol. The molecular weight excluding hydrogens is 350 g/mol. The van der Waals surface area contributed by atoms with Gasteiger partial charge in [0, 0.05) is 0 Å². The smallest absolute Gasteiger partial charge is 0.261 e. The molecule has 2 atom stereocenters. The van der Waals surface area contributed by atoms with Crippen molar-refractivity contribution in [2.75, 3.05) is 6.61 Å². The molecule has 3 rings (SSSR count). The molecule has 1 aliphatic carbocycles. The Kier molecular flexibility index (Phi) is 6.61. The molecule has 150 valence electrons. The average Bonchev–Trinajstić information content (AvgIpc) is 2.68. The topological polar surface area (TPSA) is 47.6 Å². The maximum absolute atomic E-state index is 12.5. The lowest BCUT2D eigenvalue weighted by Gasteiger charge is -2.21. The van der Waals surface area contributed by atoms with Crippen molar-refractivity contribution in [3.05, 3.63) is 58.7 Å². The highest BCUT2D eigenvalue weighted by atomic mass is 16.5. The molecule has 0 unspecified atom stereocenters. The van der Waals surface area contributed by atoms with Crippen LogP contribution in [-0.4, -0.2) is 24.7 Å². The summed E-state index contributed by atoms with van der Waals surface area (Å²) in [7, 11) is 0. The van der Waals surface area contributed by atoms with Crippen LogP contribution < -0.4 is 14.8 Å². The molecule has 1 amide bonds. The van der Waals surface area contributed by atoms with Gasteiger partial charge in [0.05, 0.1) is 6.04 Å². The van der Waals surface area contributed by atoms with Gasteiger partial charge in [0.2, 0.25) is 0 Å². The van der Waals surface area contributed by atoms with Gasteiger partial charge in [-0.25, -0.2) is 0 Å². The predicted octanol–water partition coefficient (Wildman–Crippen LogP) is 4.53. The Hall–Kier alpha value is -2.49. The third-order valence-corrected chi connectivity index (χ3v) is 5.37. The van der Waals surface area contributed by atoms with E-state index in [2.05, 4.69) is 31.3 Å². The van der Waals surface area contributed by atoms with Gasteiger partial charge in [0.25, 0.3) is 5.91 Å². The van der Waals surface area contributed by atoms with Gasteiger partial charge in [-0.2, -0.15) is 0 Å². The Balaban J connectivity index is 1.48. The van der Waals surface area contributed by atoms with Crippen LogP contribution in [0.15, 0.2) is 36.4 Å². The molecule has 4 heteroatoms. The first-order valence-electron chi connectivity index (χ1n) is 10.2. The van der Waals surface area contributed by atoms with Crippen LogP contribution in [0.25, 0.3) is 0 Å². The van der Waals surface area contributed by atoms with Gasteiger partial charge >= 0.3 is 0 Å². The van der Waals surface area contributed by atoms with Crippen molar-refractivity contribution < 1.29 is 14.3 Å². The zero-order valence-corrected chi connectivity index (χ0v) is 17.4. The normalized spacial score (nSPS) is 15.3. The van der Waals surface area contributed by atoms with Crippen molar-refractivity contribution in [1.29, 1.82) is 0 Å². The summed E-state index contributed by atoms with van der Waals surface area (Å²) in [4.78, 5) is 12.5. The SMILES string of the molecule is Cc1ccc(OC[C@H](C)NC(=O)[C@H](C)Oc2ccc3c(c2)CCCC3)cc1C. The molecule has 0 aliphatic heterocycles. The maximum atomic E-state index is 12.5. The lowest BCUT2D eigenvalue weighted by molar-refractivity contribution is -0.128. The Morgan fingerprint density at radius 2 is 1.68 bits per heavy atom. The second-order valence-corrected chi connectivity index (χ2v) is 7.86. The highest BCUT2D eigenvalue weighted by Gasteiger charge is 2.18. The van der Waals surface area contributed by atoms with Crippen LogP contribution in [0, 0.1) is 13.8 Å². The zero-order chi connectivity index (χ0) is 20.1. The minimum atomic E-state index is -0.550. The standard InChI is InChI=1S/C24H31NO3/c1-16-9-11-22(13-17(16)2)27-15-18(3)25-24(26)19(4)28-23-12-10-20-7-5-6-8-21(20)14-23/h9-14,18-19H,5-8,15H2,1-4H3,(H,25,26)/t18-,19-/m0/s1. The van der Waals surface area contributed by atoms with Crippen LogP contribution in [-0.2, 0) is 17.6 Å². The molecule has 2 aromatic rings. The van der Waals surface area contributed by atoms with E-state index < -0.39 is 6.10 Å². The van der Waals surface area contributed by atoms with Crippen LogP contribution in [0.1, 0.15) is 48.9 Å². The van der Waals surface area contributed by atoms with Crippen molar-refractivity contribution in [3.8, 4) is 11.5 Å². The summed E-state index contributed by atoms with van der Waals surface area (Å²) in [5, 5.41) is 2.97. The van der Waals surface area contributed by atoms with Crippen molar-refractivity contribution in [3.63, 3.8) is 0 Å². The van der Waals surface area contributed by atoms with E-state index >= 15 is 0 Å². The van der Waals surface area contributed by atoms with E-state index in [9.17, 15) is 4.79 Å². The predicted molar refractivity (Wildman–Crippen MR) is 112 cm³/mol. The number of carbonyl (C=O) groups is 1. The third kappa shape index (κ3) is 5.28. The number of ether oxygens (including phenoxy) is 2. The van der Waals surface area contributed by atoms with E-state index in [-0.39, 0.29) is 11.9 Å². The first kappa shape index (κ1) is 20.2. The second kappa shape index (κ2) is 9.13. The van der Waals surface area contributed by atoms with E-state index in [4.69, 9.17) is 9.47 Å². The van der Waals surface area contributed by atoms with Crippen molar-refractivity contribution in [1.82, 2.24) is 5.32 Å². The van der Waals surface area contributed by atoms with Crippen molar-refractivity contribution >= 4 is 5.91 Å². The number of nitrogens with one attached hydrogen (secondary N) is 1. The molecular formula is C24H31NO3. The van der Waals surface area contributed by atoms with Gasteiger partial charge in [-0.1, -0.05) is 12.1 Å². The first-order valence-corrected chi connectivity index (χ1v) is 10.2. The fourth-order valence-electron chi connectivity index (χ4n) is 3.47. The lowest BCUT2D eigenvalue weighted by Crippen LogP contribution is -2.43. The van der Waals surface area contributed by atoms with Gasteiger partial charge in [0.15, 0.2) is 6.10 Å². The summed E-state index contributed by atoms with van der Waals surface area (Å²) in [5.41, 5.74) is 5.20. The number of hydrogen-bond donors (Lipinski definition) is 1. The van der Waals surface area contributed by atoms with E-state index in [1.165, 1.54) is 35.1 Å². The number of rotatable bonds is 7. The Labute approximate surface area is 168 Å². The molecule has 28 heavy (non-hydrogen) atoms. The van der Waals surface area contributed by atoms with Crippen molar-refractivity contribution in [2.24, 2.45) is 0 Å². The van der Waals surface area contributed by atoms with Gasteiger partial charge in [-0.3, -0.25) is 4.79 Å². The van der Waals surface area contributed by atoms with E-state index in [0.717, 1.165) is 24.3 Å². The number of carbonyl (C=O) groups excluding carboxylic acids is 1. The lowest BCUT2D eigenvalue weighted by atomic mass is 9.92. The molecule has 1 aliphatic rings. The molecule has 0 fully saturated rings. The van der Waals surface area contributed by atoms with E-state index in [0.29, 0.717) is 6.61 Å². The molecule has 0 saturated carbocycles. The van der Waals surface area contributed by atoms with Crippen LogP contribution in [0.3, 0.4) is 0 Å². The molecule has 0 aromatic heterocycles. The number of amides is 1. The molecule has 0 spiro atoms. The summed E-state index contributed by atoms with van der Waals surface area (Å²) >= 11 is 0. The highest BCUT2D eigenvalue weighted by molar-refractivity contribution is 5.81. The van der Waals surface area contributed by atoms with Gasteiger partial charge < -0.3 is 14.8 Å². The quantitative estimate of drug-likeness (QED) is 0.766. The van der Waals surface area contributed by atoms with E-state index in [1.54, 1.807) is 6.92 Å². The summed E-state index contributed by atoms with van der Waals surface area (Å²) in [6, 6.07) is 12.1. The second-order valence-electron chi connectivity index (χ2n) is 7.86. The summed E-state index contributed by atoms with van der Waals surface area (Å²) < 4.78 is 11.7. The van der Waals surface area contributed by atoms with Crippen molar-refractivity contribution in [2.45, 2.75) is 65.5 Å².